The van der Waals surface area contributed by atoms with Crippen LogP contribution in [0.1, 0.15) is 49.4 Å². The van der Waals surface area contributed by atoms with E-state index >= 15 is 0 Å². The van der Waals surface area contributed by atoms with Gasteiger partial charge in [0.25, 0.3) is 0 Å². The molecule has 0 N–H and O–H groups in total. The minimum Gasteiger partial charge on any atom is -0.497 e. The van der Waals surface area contributed by atoms with E-state index in [9.17, 15) is 4.79 Å². The third kappa shape index (κ3) is 3.26. The lowest BCUT2D eigenvalue weighted by Crippen LogP contribution is -2.42. The molecule has 0 aliphatic carbocycles. The van der Waals surface area contributed by atoms with Gasteiger partial charge in [0.05, 0.1) is 19.2 Å². The molecule has 0 fully saturated rings. The molecule has 0 spiro atoms. The highest BCUT2D eigenvalue weighted by Crippen LogP contribution is 2.42. The molecule has 6 nitrogen and oxygen atoms in total. The molecule has 6 heteroatoms. The molecule has 144 valence electrons. The Morgan fingerprint density at radius 1 is 1.07 bits per heavy atom. The average Bonchev–Trinajstić information content (AvgIpc) is 3.23. The SMILES string of the molecule is CCCC(=O)N1c2ncnn2C(c2ccccc2)CC1c1ccc(OC)cc1. The zero-order valence-corrected chi connectivity index (χ0v) is 16.2. The lowest BCUT2D eigenvalue weighted by molar-refractivity contribution is -0.119. The van der Waals surface area contributed by atoms with E-state index in [0.29, 0.717) is 12.4 Å². The van der Waals surface area contributed by atoms with Gasteiger partial charge in [0.1, 0.15) is 12.1 Å². The average molecular weight is 376 g/mol. The number of amides is 1. The molecular weight excluding hydrogens is 352 g/mol. The zero-order chi connectivity index (χ0) is 19.5. The van der Waals surface area contributed by atoms with Crippen LogP contribution < -0.4 is 9.64 Å². The number of aromatic nitrogens is 3. The Morgan fingerprint density at radius 3 is 2.46 bits per heavy atom. The van der Waals surface area contributed by atoms with Gasteiger partial charge in [-0.05, 0) is 36.1 Å². The topological polar surface area (TPSA) is 60.2 Å². The lowest BCUT2D eigenvalue weighted by atomic mass is 9.91. The van der Waals surface area contributed by atoms with Gasteiger partial charge in [0.15, 0.2) is 0 Å². The van der Waals surface area contributed by atoms with E-state index in [1.807, 2.05) is 59.0 Å². The molecule has 1 amide bonds. The summed E-state index contributed by atoms with van der Waals surface area (Å²) in [5.41, 5.74) is 2.23. The normalized spacial score (nSPS) is 18.6. The highest BCUT2D eigenvalue weighted by atomic mass is 16.5. The van der Waals surface area contributed by atoms with E-state index in [1.165, 1.54) is 6.33 Å². The standard InChI is InChI=1S/C22H24N4O2/c1-3-7-21(27)25-19(17-10-12-18(28-2)13-11-17)14-20(16-8-5-4-6-9-16)26-22(25)23-15-24-26/h4-6,8-13,15,19-20H,3,7,14H2,1-2H3. The van der Waals surface area contributed by atoms with Gasteiger partial charge in [-0.3, -0.25) is 9.69 Å². The fraction of sp³-hybridized carbons (Fsp3) is 0.318. The predicted molar refractivity (Wildman–Crippen MR) is 107 cm³/mol. The molecule has 28 heavy (non-hydrogen) atoms. The first kappa shape index (κ1) is 18.2. The van der Waals surface area contributed by atoms with Crippen molar-refractivity contribution in [3.05, 3.63) is 72.1 Å². The number of ether oxygens (including phenoxy) is 1. The summed E-state index contributed by atoms with van der Waals surface area (Å²) in [6.45, 7) is 2.02. The summed E-state index contributed by atoms with van der Waals surface area (Å²) >= 11 is 0. The quantitative estimate of drug-likeness (QED) is 0.671. The fourth-order valence-corrected chi connectivity index (χ4v) is 3.88. The number of anilines is 1. The number of nitrogens with zero attached hydrogens (tertiary/aromatic N) is 4. The third-order valence-corrected chi connectivity index (χ3v) is 5.24. The molecule has 4 rings (SSSR count). The van der Waals surface area contributed by atoms with Gasteiger partial charge in [-0.1, -0.05) is 49.4 Å². The Morgan fingerprint density at radius 2 is 1.79 bits per heavy atom. The summed E-state index contributed by atoms with van der Waals surface area (Å²) < 4.78 is 7.17. The van der Waals surface area contributed by atoms with E-state index in [0.717, 1.165) is 29.7 Å². The van der Waals surface area contributed by atoms with Crippen LogP contribution in [0.25, 0.3) is 0 Å². The molecule has 2 heterocycles. The van der Waals surface area contributed by atoms with Crippen LogP contribution in [0.2, 0.25) is 0 Å². The van der Waals surface area contributed by atoms with Crippen LogP contribution in [0.15, 0.2) is 60.9 Å². The van der Waals surface area contributed by atoms with Crippen molar-refractivity contribution in [1.82, 2.24) is 14.8 Å². The Labute approximate surface area is 164 Å². The second kappa shape index (κ2) is 7.84. The molecule has 0 saturated carbocycles. The molecule has 3 aromatic rings. The summed E-state index contributed by atoms with van der Waals surface area (Å²) in [7, 11) is 1.65. The lowest BCUT2D eigenvalue weighted by Gasteiger charge is -2.39. The van der Waals surface area contributed by atoms with Crippen molar-refractivity contribution >= 4 is 11.9 Å². The van der Waals surface area contributed by atoms with Gasteiger partial charge >= 0.3 is 0 Å². The molecular formula is C22H24N4O2. The number of hydrogen-bond donors (Lipinski definition) is 0. The number of rotatable bonds is 5. The molecule has 1 aliphatic heterocycles. The minimum absolute atomic E-state index is 0.0245. The monoisotopic (exact) mass is 376 g/mol. The van der Waals surface area contributed by atoms with Gasteiger partial charge < -0.3 is 4.74 Å². The Kier molecular flexibility index (Phi) is 5.10. The molecule has 1 aromatic heterocycles. The van der Waals surface area contributed by atoms with Crippen LogP contribution in [0, 0.1) is 0 Å². The van der Waals surface area contributed by atoms with Crippen molar-refractivity contribution < 1.29 is 9.53 Å². The van der Waals surface area contributed by atoms with E-state index < -0.39 is 0 Å². The third-order valence-electron chi connectivity index (χ3n) is 5.24. The second-order valence-electron chi connectivity index (χ2n) is 6.97. The van der Waals surface area contributed by atoms with Crippen LogP contribution in [-0.2, 0) is 4.79 Å². The van der Waals surface area contributed by atoms with Gasteiger partial charge in [-0.2, -0.15) is 10.1 Å². The first-order valence-electron chi connectivity index (χ1n) is 9.63. The maximum atomic E-state index is 13.0. The Hall–Kier alpha value is -3.15. The van der Waals surface area contributed by atoms with E-state index in [-0.39, 0.29) is 18.0 Å². The molecule has 1 aliphatic rings. The van der Waals surface area contributed by atoms with Crippen LogP contribution in [-0.4, -0.2) is 27.8 Å². The summed E-state index contributed by atoms with van der Waals surface area (Å²) in [5, 5.41) is 4.45. The van der Waals surface area contributed by atoms with Gasteiger partial charge in [0, 0.05) is 6.42 Å². The Balaban J connectivity index is 1.80. The number of methoxy groups -OCH3 is 1. The number of fused-ring (bicyclic) bond motifs is 1. The van der Waals surface area contributed by atoms with Crippen molar-refractivity contribution in [3.63, 3.8) is 0 Å². The van der Waals surface area contributed by atoms with Gasteiger partial charge in [-0.25, -0.2) is 4.68 Å². The Bertz CT molecular complexity index is 937. The molecule has 0 radical (unpaired) electrons. The van der Waals surface area contributed by atoms with E-state index in [2.05, 4.69) is 22.2 Å². The van der Waals surface area contributed by atoms with Crippen LogP contribution in [0.4, 0.5) is 5.95 Å². The molecule has 0 saturated heterocycles. The van der Waals surface area contributed by atoms with Crippen molar-refractivity contribution in [3.8, 4) is 5.75 Å². The summed E-state index contributed by atoms with van der Waals surface area (Å²) in [6.07, 6.45) is 3.55. The van der Waals surface area contributed by atoms with Crippen LogP contribution in [0.3, 0.4) is 0 Å². The molecule has 0 bridgehead atoms. The predicted octanol–water partition coefficient (Wildman–Crippen LogP) is 4.15. The van der Waals surface area contributed by atoms with Crippen molar-refractivity contribution in [2.45, 2.75) is 38.3 Å². The summed E-state index contributed by atoms with van der Waals surface area (Å²) in [5.74, 6) is 1.48. The highest BCUT2D eigenvalue weighted by Gasteiger charge is 2.38. The van der Waals surface area contributed by atoms with Crippen molar-refractivity contribution in [2.75, 3.05) is 12.0 Å². The molecule has 2 aromatic carbocycles. The first-order valence-corrected chi connectivity index (χ1v) is 9.63. The number of hydrogen-bond acceptors (Lipinski definition) is 4. The summed E-state index contributed by atoms with van der Waals surface area (Å²) in [6, 6.07) is 18.1. The van der Waals surface area contributed by atoms with Crippen LogP contribution in [0.5, 0.6) is 5.75 Å². The fourth-order valence-electron chi connectivity index (χ4n) is 3.88. The minimum atomic E-state index is -0.105. The summed E-state index contributed by atoms with van der Waals surface area (Å²) in [4.78, 5) is 19.3. The number of benzene rings is 2. The second-order valence-corrected chi connectivity index (χ2v) is 6.97. The zero-order valence-electron chi connectivity index (χ0n) is 16.2. The smallest absolute Gasteiger partial charge is 0.231 e. The number of carbonyl (C=O) groups is 1. The molecule has 2 unspecified atom stereocenters. The van der Waals surface area contributed by atoms with E-state index in [1.54, 1.807) is 7.11 Å². The van der Waals surface area contributed by atoms with Crippen molar-refractivity contribution in [2.24, 2.45) is 0 Å². The maximum Gasteiger partial charge on any atom is 0.231 e. The van der Waals surface area contributed by atoms with Crippen LogP contribution >= 0.6 is 0 Å². The molecule has 2 atom stereocenters. The highest BCUT2D eigenvalue weighted by molar-refractivity contribution is 5.92. The van der Waals surface area contributed by atoms with Crippen molar-refractivity contribution in [1.29, 1.82) is 0 Å². The van der Waals surface area contributed by atoms with Gasteiger partial charge in [-0.15, -0.1) is 0 Å². The van der Waals surface area contributed by atoms with E-state index in [4.69, 9.17) is 4.74 Å². The maximum absolute atomic E-state index is 13.0. The van der Waals surface area contributed by atoms with Gasteiger partial charge in [0.2, 0.25) is 11.9 Å². The number of carbonyl (C=O) groups excluding carboxylic acids is 1. The largest absolute Gasteiger partial charge is 0.497 e. The first-order chi connectivity index (χ1) is 13.7.